The molecule has 1 aliphatic rings. The van der Waals surface area contributed by atoms with Gasteiger partial charge in [0.05, 0.1) is 0 Å². The van der Waals surface area contributed by atoms with Gasteiger partial charge in [0.1, 0.15) is 11.6 Å². The van der Waals surface area contributed by atoms with Crippen molar-refractivity contribution < 1.29 is 8.78 Å². The summed E-state index contributed by atoms with van der Waals surface area (Å²) in [7, 11) is 1.72. The summed E-state index contributed by atoms with van der Waals surface area (Å²) in [4.78, 5) is 6.67. The van der Waals surface area contributed by atoms with Gasteiger partial charge in [-0.25, -0.2) is 8.78 Å². The predicted molar refractivity (Wildman–Crippen MR) is 119 cm³/mol. The molecule has 1 aliphatic carbocycles. The molecule has 1 aromatic rings. The number of halogens is 3. The quantitative estimate of drug-likeness (QED) is 0.309. The summed E-state index contributed by atoms with van der Waals surface area (Å²) in [5, 5.41) is 6.67. The van der Waals surface area contributed by atoms with Crippen LogP contribution in [0.3, 0.4) is 0 Å². The minimum Gasteiger partial charge on any atom is -0.354 e. The van der Waals surface area contributed by atoms with Crippen LogP contribution in [0.4, 0.5) is 8.78 Å². The van der Waals surface area contributed by atoms with Crippen molar-refractivity contribution in [2.75, 3.05) is 26.7 Å². The first-order valence-electron chi connectivity index (χ1n) is 9.66. The van der Waals surface area contributed by atoms with Gasteiger partial charge in [-0.05, 0) is 58.0 Å². The molecule has 0 radical (unpaired) electrons. The van der Waals surface area contributed by atoms with E-state index in [1.807, 2.05) is 0 Å². The van der Waals surface area contributed by atoms with Gasteiger partial charge in [0.2, 0.25) is 0 Å². The van der Waals surface area contributed by atoms with Crippen molar-refractivity contribution in [2.45, 2.75) is 58.0 Å². The fraction of sp³-hybridized carbons (Fsp3) is 0.650. The molecule has 1 saturated carbocycles. The molecular formula is C20H33F2IN4. The van der Waals surface area contributed by atoms with Crippen LogP contribution >= 0.6 is 24.0 Å². The molecule has 0 amide bonds. The lowest BCUT2D eigenvalue weighted by molar-refractivity contribution is 0.292. The predicted octanol–water partition coefficient (Wildman–Crippen LogP) is 4.11. The molecule has 0 spiro atoms. The van der Waals surface area contributed by atoms with E-state index in [1.165, 1.54) is 18.2 Å². The third-order valence-electron chi connectivity index (χ3n) is 5.10. The van der Waals surface area contributed by atoms with E-state index in [-0.39, 0.29) is 41.5 Å². The van der Waals surface area contributed by atoms with Gasteiger partial charge in [0.25, 0.3) is 0 Å². The smallest absolute Gasteiger partial charge is 0.191 e. The maximum Gasteiger partial charge on any atom is 0.191 e. The molecule has 4 nitrogen and oxygen atoms in total. The minimum atomic E-state index is -0.466. The summed E-state index contributed by atoms with van der Waals surface area (Å²) >= 11 is 0. The molecular weight excluding hydrogens is 461 g/mol. The second-order valence-corrected chi connectivity index (χ2v) is 7.02. The Hall–Kier alpha value is -0.960. The van der Waals surface area contributed by atoms with Gasteiger partial charge in [-0.3, -0.25) is 4.99 Å². The lowest BCUT2D eigenvalue weighted by Crippen LogP contribution is -2.43. The Morgan fingerprint density at radius 1 is 1.26 bits per heavy atom. The fourth-order valence-electron chi connectivity index (χ4n) is 3.35. The number of aliphatic imine (C=N–C) groups is 1. The van der Waals surface area contributed by atoms with Crippen molar-refractivity contribution in [1.82, 2.24) is 15.5 Å². The number of hydrogen-bond donors (Lipinski definition) is 2. The van der Waals surface area contributed by atoms with Crippen LogP contribution in [0, 0.1) is 11.6 Å². The zero-order valence-electron chi connectivity index (χ0n) is 16.8. The average molecular weight is 494 g/mol. The van der Waals surface area contributed by atoms with Gasteiger partial charge in [0.15, 0.2) is 5.96 Å². The van der Waals surface area contributed by atoms with Crippen LogP contribution in [0.5, 0.6) is 0 Å². The van der Waals surface area contributed by atoms with E-state index in [0.29, 0.717) is 12.0 Å². The fourth-order valence-corrected chi connectivity index (χ4v) is 3.35. The third kappa shape index (κ3) is 7.18. The molecule has 0 bridgehead atoms. The molecule has 0 heterocycles. The van der Waals surface area contributed by atoms with Gasteiger partial charge in [-0.15, -0.1) is 24.0 Å². The van der Waals surface area contributed by atoms with E-state index in [4.69, 9.17) is 0 Å². The molecule has 27 heavy (non-hydrogen) atoms. The van der Waals surface area contributed by atoms with Crippen LogP contribution in [0.15, 0.2) is 23.2 Å². The number of nitrogens with zero attached hydrogens (tertiary/aromatic N) is 2. The summed E-state index contributed by atoms with van der Waals surface area (Å²) in [5.74, 6) is -0.364. The second-order valence-electron chi connectivity index (χ2n) is 7.02. The number of nitrogens with one attached hydrogen (secondary N) is 2. The molecule has 0 aliphatic heterocycles. The van der Waals surface area contributed by atoms with Crippen molar-refractivity contribution in [3.05, 3.63) is 35.4 Å². The Bertz CT molecular complexity index is 587. The van der Waals surface area contributed by atoms with Gasteiger partial charge < -0.3 is 15.5 Å². The summed E-state index contributed by atoms with van der Waals surface area (Å²) < 4.78 is 27.8. The molecule has 154 valence electrons. The molecule has 0 saturated heterocycles. The summed E-state index contributed by atoms with van der Waals surface area (Å²) in [6.45, 7) is 9.76. The Labute approximate surface area is 179 Å². The SMILES string of the molecule is CCN(CC)CCCC(C)NC(=NC)NC1CC1c1c(F)cccc1F.I. The Morgan fingerprint density at radius 2 is 1.89 bits per heavy atom. The van der Waals surface area contributed by atoms with Gasteiger partial charge in [-0.1, -0.05) is 19.9 Å². The summed E-state index contributed by atoms with van der Waals surface area (Å²) in [6.07, 6.45) is 2.89. The normalized spacial score (nSPS) is 20.2. The number of guanidine groups is 1. The molecule has 3 unspecified atom stereocenters. The van der Waals surface area contributed by atoms with E-state index in [1.54, 1.807) is 7.05 Å². The molecule has 2 rings (SSSR count). The number of rotatable bonds is 9. The van der Waals surface area contributed by atoms with E-state index in [9.17, 15) is 8.78 Å². The lowest BCUT2D eigenvalue weighted by atomic mass is 10.1. The van der Waals surface area contributed by atoms with Crippen LogP contribution in [-0.2, 0) is 0 Å². The van der Waals surface area contributed by atoms with Crippen LogP contribution in [-0.4, -0.2) is 49.6 Å². The van der Waals surface area contributed by atoms with Crippen molar-refractivity contribution in [3.63, 3.8) is 0 Å². The minimum absolute atomic E-state index is 0. The molecule has 3 atom stereocenters. The molecule has 1 aromatic carbocycles. The topological polar surface area (TPSA) is 39.7 Å². The summed E-state index contributed by atoms with van der Waals surface area (Å²) in [6, 6.07) is 4.35. The van der Waals surface area contributed by atoms with E-state index >= 15 is 0 Å². The molecule has 2 N–H and O–H groups in total. The van der Waals surface area contributed by atoms with Crippen molar-refractivity contribution in [1.29, 1.82) is 0 Å². The Balaban J connectivity index is 0.00000364. The van der Waals surface area contributed by atoms with Crippen LogP contribution in [0.25, 0.3) is 0 Å². The first-order chi connectivity index (χ1) is 12.5. The molecule has 0 aromatic heterocycles. The zero-order valence-corrected chi connectivity index (χ0v) is 19.1. The number of benzene rings is 1. The highest BCUT2D eigenvalue weighted by Gasteiger charge is 2.42. The van der Waals surface area contributed by atoms with Crippen molar-refractivity contribution in [3.8, 4) is 0 Å². The van der Waals surface area contributed by atoms with Crippen LogP contribution in [0.1, 0.15) is 51.5 Å². The van der Waals surface area contributed by atoms with Crippen molar-refractivity contribution in [2.24, 2.45) is 4.99 Å². The highest BCUT2D eigenvalue weighted by Crippen LogP contribution is 2.43. The van der Waals surface area contributed by atoms with Crippen LogP contribution < -0.4 is 10.6 Å². The van der Waals surface area contributed by atoms with Crippen molar-refractivity contribution >= 4 is 29.9 Å². The zero-order chi connectivity index (χ0) is 19.1. The van der Waals surface area contributed by atoms with E-state index < -0.39 is 11.6 Å². The Kier molecular flexibility index (Phi) is 10.5. The molecule has 1 fully saturated rings. The first-order valence-corrected chi connectivity index (χ1v) is 9.66. The monoisotopic (exact) mass is 494 g/mol. The standard InChI is InChI=1S/C20H32F2N4.HI/c1-5-26(6-2)12-8-9-14(3)24-20(23-4)25-18-13-15(18)19-16(21)10-7-11-17(19)22;/h7,10-11,14-15,18H,5-6,8-9,12-13H2,1-4H3,(H2,23,24,25);1H. The first kappa shape index (κ1) is 24.1. The lowest BCUT2D eigenvalue weighted by Gasteiger charge is -2.21. The Morgan fingerprint density at radius 3 is 2.44 bits per heavy atom. The van der Waals surface area contributed by atoms with Gasteiger partial charge in [-0.2, -0.15) is 0 Å². The summed E-state index contributed by atoms with van der Waals surface area (Å²) in [5.41, 5.74) is 0.188. The molecule has 7 heteroatoms. The van der Waals surface area contributed by atoms with E-state index in [0.717, 1.165) is 38.9 Å². The van der Waals surface area contributed by atoms with E-state index in [2.05, 4.69) is 41.3 Å². The third-order valence-corrected chi connectivity index (χ3v) is 5.10. The average Bonchev–Trinajstić information content (AvgIpc) is 3.36. The second kappa shape index (κ2) is 11.8. The highest BCUT2D eigenvalue weighted by molar-refractivity contribution is 14.0. The van der Waals surface area contributed by atoms with Gasteiger partial charge >= 0.3 is 0 Å². The maximum absolute atomic E-state index is 13.9. The highest BCUT2D eigenvalue weighted by atomic mass is 127. The largest absolute Gasteiger partial charge is 0.354 e. The van der Waals surface area contributed by atoms with Crippen LogP contribution in [0.2, 0.25) is 0 Å². The number of hydrogen-bond acceptors (Lipinski definition) is 2. The van der Waals surface area contributed by atoms with Gasteiger partial charge in [0, 0.05) is 30.6 Å². The maximum atomic E-state index is 13.9.